The molecule has 0 atom stereocenters. The van der Waals surface area contributed by atoms with E-state index in [2.05, 4.69) is 5.16 Å². The zero-order chi connectivity index (χ0) is 11.9. The fourth-order valence-corrected chi connectivity index (χ4v) is 1.90. The summed E-state index contributed by atoms with van der Waals surface area (Å²) in [5.41, 5.74) is 0.585. The lowest BCUT2D eigenvalue weighted by atomic mass is 9.77. The van der Waals surface area contributed by atoms with Crippen molar-refractivity contribution in [3.63, 3.8) is 0 Å². The third-order valence-corrected chi connectivity index (χ3v) is 2.69. The number of nitrogens with zero attached hydrogens (tertiary/aromatic N) is 1. The molecule has 1 aromatic carbocycles. The first-order chi connectivity index (χ1) is 7.45. The summed E-state index contributed by atoms with van der Waals surface area (Å²) >= 11 is 0. The lowest BCUT2D eigenvalue weighted by Crippen LogP contribution is -2.29. The minimum atomic E-state index is -1.11. The van der Waals surface area contributed by atoms with Crippen molar-refractivity contribution in [2.24, 2.45) is 5.16 Å². The highest BCUT2D eigenvalue weighted by molar-refractivity contribution is 6.62. The highest BCUT2D eigenvalue weighted by atomic mass is 19.1. The summed E-state index contributed by atoms with van der Waals surface area (Å²) < 4.78 is 18.8. The van der Waals surface area contributed by atoms with Crippen molar-refractivity contribution in [2.75, 3.05) is 0 Å². The molecule has 0 aromatic heterocycles. The van der Waals surface area contributed by atoms with E-state index in [-0.39, 0.29) is 5.56 Å². The van der Waals surface area contributed by atoms with Gasteiger partial charge < -0.3 is 14.9 Å². The van der Waals surface area contributed by atoms with Gasteiger partial charge in [0.15, 0.2) is 0 Å². The zero-order valence-electron chi connectivity index (χ0n) is 8.94. The van der Waals surface area contributed by atoms with Gasteiger partial charge in [-0.1, -0.05) is 5.16 Å². The second kappa shape index (κ2) is 3.57. The maximum absolute atomic E-state index is 13.5. The van der Waals surface area contributed by atoms with Crippen molar-refractivity contribution in [1.82, 2.24) is 0 Å². The van der Waals surface area contributed by atoms with Gasteiger partial charge >= 0.3 is 7.12 Å². The number of hydrogen-bond acceptors (Lipinski definition) is 4. The monoisotopic (exact) mass is 223 g/mol. The Hall–Kier alpha value is -1.40. The largest absolute Gasteiger partial charge is 0.492 e. The number of halogens is 1. The molecule has 0 bridgehead atoms. The van der Waals surface area contributed by atoms with Gasteiger partial charge in [0.05, 0.1) is 11.8 Å². The zero-order valence-corrected chi connectivity index (χ0v) is 8.94. The Bertz CT molecular complexity index is 462. The van der Waals surface area contributed by atoms with E-state index in [1.54, 1.807) is 13.8 Å². The van der Waals surface area contributed by atoms with Gasteiger partial charge in [0.25, 0.3) is 0 Å². The van der Waals surface area contributed by atoms with Crippen LogP contribution < -0.4 is 5.46 Å². The molecule has 2 N–H and O–H groups in total. The molecule has 1 aromatic rings. The molecule has 0 amide bonds. The summed E-state index contributed by atoms with van der Waals surface area (Å²) in [6.07, 6.45) is 1.01. The Morgan fingerprint density at radius 1 is 1.50 bits per heavy atom. The first-order valence-corrected chi connectivity index (χ1v) is 4.83. The molecular weight excluding hydrogens is 212 g/mol. The fourth-order valence-electron chi connectivity index (χ4n) is 1.90. The molecule has 16 heavy (non-hydrogen) atoms. The molecule has 0 radical (unpaired) electrons. The molecule has 0 fully saturated rings. The summed E-state index contributed by atoms with van der Waals surface area (Å²) in [4.78, 5) is 0. The van der Waals surface area contributed by atoms with Gasteiger partial charge in [0.2, 0.25) is 0 Å². The Kier molecular flexibility index (Phi) is 2.48. The molecular formula is C10H11BFNO3. The highest BCUT2D eigenvalue weighted by Gasteiger charge is 2.41. The Morgan fingerprint density at radius 2 is 2.19 bits per heavy atom. The Labute approximate surface area is 92.5 Å². The van der Waals surface area contributed by atoms with Crippen molar-refractivity contribution in [2.45, 2.75) is 19.4 Å². The average molecular weight is 223 g/mol. The smallest absolute Gasteiger partial charge is 0.423 e. The molecule has 4 nitrogen and oxygen atoms in total. The van der Waals surface area contributed by atoms with Crippen molar-refractivity contribution >= 4 is 18.8 Å². The van der Waals surface area contributed by atoms with Crippen LogP contribution in [-0.4, -0.2) is 23.6 Å². The molecule has 0 spiro atoms. The van der Waals surface area contributed by atoms with Crippen LogP contribution in [0.3, 0.4) is 0 Å². The summed E-state index contributed by atoms with van der Waals surface area (Å²) in [6, 6.07) is 2.71. The van der Waals surface area contributed by atoms with Gasteiger partial charge in [-0.15, -0.1) is 0 Å². The normalized spacial score (nSPS) is 18.1. The van der Waals surface area contributed by atoms with Crippen LogP contribution in [0.1, 0.15) is 25.0 Å². The van der Waals surface area contributed by atoms with Crippen LogP contribution in [0.15, 0.2) is 17.3 Å². The van der Waals surface area contributed by atoms with Gasteiger partial charge in [-0.05, 0) is 37.0 Å². The summed E-state index contributed by atoms with van der Waals surface area (Å²) in [5.74, 6) is -0.558. The minimum Gasteiger partial charge on any atom is -0.423 e. The first kappa shape index (κ1) is 11.1. The number of fused-ring (bicyclic) bond motifs is 1. The van der Waals surface area contributed by atoms with E-state index in [1.807, 2.05) is 0 Å². The number of rotatable bonds is 1. The standard InChI is InChI=1S/C10H11BFNO3/c1-10(2)7-3-6(5-13-15)9(12)4-8(7)11(14)16-10/h3-5,14-15H,1-2H3/b13-5+. The third-order valence-electron chi connectivity index (χ3n) is 2.69. The number of hydrogen-bond donors (Lipinski definition) is 2. The summed E-state index contributed by atoms with van der Waals surface area (Å²) in [7, 11) is -1.11. The highest BCUT2D eigenvalue weighted by Crippen LogP contribution is 2.30. The van der Waals surface area contributed by atoms with E-state index >= 15 is 0 Å². The second-order valence-corrected chi connectivity index (χ2v) is 4.19. The molecule has 6 heteroatoms. The molecule has 0 unspecified atom stereocenters. The Balaban J connectivity index is 2.61. The van der Waals surface area contributed by atoms with Crippen molar-refractivity contribution in [3.05, 3.63) is 29.1 Å². The van der Waals surface area contributed by atoms with E-state index in [9.17, 15) is 9.41 Å². The third kappa shape index (κ3) is 1.60. The van der Waals surface area contributed by atoms with Crippen molar-refractivity contribution in [3.8, 4) is 0 Å². The quantitative estimate of drug-likeness (QED) is 0.317. The van der Waals surface area contributed by atoms with Gasteiger partial charge in [-0.2, -0.15) is 0 Å². The molecule has 1 aliphatic heterocycles. The van der Waals surface area contributed by atoms with Gasteiger partial charge in [0, 0.05) is 5.56 Å². The van der Waals surface area contributed by atoms with Crippen LogP contribution in [-0.2, 0) is 10.3 Å². The molecule has 84 valence electrons. The van der Waals surface area contributed by atoms with Crippen LogP contribution in [0.2, 0.25) is 0 Å². The van der Waals surface area contributed by atoms with Gasteiger partial charge in [-0.3, -0.25) is 0 Å². The van der Waals surface area contributed by atoms with Crippen molar-refractivity contribution in [1.29, 1.82) is 0 Å². The van der Waals surface area contributed by atoms with Gasteiger partial charge in [0.1, 0.15) is 5.82 Å². The molecule has 1 heterocycles. The fraction of sp³-hybridized carbons (Fsp3) is 0.300. The van der Waals surface area contributed by atoms with Crippen LogP contribution in [0, 0.1) is 5.82 Å². The molecule has 0 saturated heterocycles. The lowest BCUT2D eigenvalue weighted by molar-refractivity contribution is 0.101. The maximum atomic E-state index is 13.5. The Morgan fingerprint density at radius 3 is 2.81 bits per heavy atom. The van der Waals surface area contributed by atoms with Gasteiger partial charge in [-0.25, -0.2) is 4.39 Å². The second-order valence-electron chi connectivity index (χ2n) is 4.19. The van der Waals surface area contributed by atoms with E-state index < -0.39 is 18.5 Å². The predicted octanol–water partition coefficient (Wildman–Crippen LogP) is 0.587. The van der Waals surface area contributed by atoms with E-state index in [4.69, 9.17) is 9.86 Å². The topological polar surface area (TPSA) is 62.0 Å². The molecule has 0 saturated carbocycles. The van der Waals surface area contributed by atoms with Crippen LogP contribution >= 0.6 is 0 Å². The van der Waals surface area contributed by atoms with E-state index in [1.165, 1.54) is 12.1 Å². The number of oxime groups is 1. The van der Waals surface area contributed by atoms with Crippen LogP contribution in [0.4, 0.5) is 4.39 Å². The van der Waals surface area contributed by atoms with Crippen molar-refractivity contribution < 1.29 is 19.3 Å². The van der Waals surface area contributed by atoms with E-state index in [0.29, 0.717) is 11.0 Å². The lowest BCUT2D eigenvalue weighted by Gasteiger charge is -2.19. The molecule has 0 aliphatic carbocycles. The summed E-state index contributed by atoms with van der Waals surface area (Å²) in [5, 5.41) is 20.8. The minimum absolute atomic E-state index is 0.159. The van der Waals surface area contributed by atoms with Crippen LogP contribution in [0.25, 0.3) is 0 Å². The average Bonchev–Trinajstić information content (AvgIpc) is 2.39. The van der Waals surface area contributed by atoms with E-state index in [0.717, 1.165) is 6.21 Å². The van der Waals surface area contributed by atoms with Crippen LogP contribution in [0.5, 0.6) is 0 Å². The first-order valence-electron chi connectivity index (χ1n) is 4.83. The molecule has 1 aliphatic rings. The number of benzene rings is 1. The maximum Gasteiger partial charge on any atom is 0.492 e. The SMILES string of the molecule is CC1(C)OB(O)c2cc(F)c(/C=N/O)cc21. The summed E-state index contributed by atoms with van der Waals surface area (Å²) in [6.45, 7) is 3.56. The predicted molar refractivity (Wildman–Crippen MR) is 57.5 cm³/mol. The molecule has 2 rings (SSSR count).